The summed E-state index contributed by atoms with van der Waals surface area (Å²) in [5, 5.41) is 2.73. The Kier molecular flexibility index (Phi) is 7.67. The minimum atomic E-state index is -0.522. The Balaban J connectivity index is 1.59. The van der Waals surface area contributed by atoms with Crippen LogP contribution in [0.4, 0.5) is 5.69 Å². The van der Waals surface area contributed by atoms with E-state index < -0.39 is 5.41 Å². The second-order valence-corrected chi connectivity index (χ2v) is 8.63. The molecule has 1 aliphatic heterocycles. The lowest BCUT2D eigenvalue weighted by Gasteiger charge is -2.41. The van der Waals surface area contributed by atoms with Crippen molar-refractivity contribution >= 4 is 23.3 Å². The zero-order valence-corrected chi connectivity index (χ0v) is 19.3. The third-order valence-electron chi connectivity index (χ3n) is 6.35. The second kappa shape index (κ2) is 10.4. The number of piperidine rings is 1. The lowest BCUT2D eigenvalue weighted by molar-refractivity contribution is -0.135. The second-order valence-electron chi connectivity index (χ2n) is 8.63. The maximum atomic E-state index is 13.1. The summed E-state index contributed by atoms with van der Waals surface area (Å²) >= 11 is 0. The van der Waals surface area contributed by atoms with E-state index in [-0.39, 0.29) is 24.1 Å². The molecule has 0 radical (unpaired) electrons. The molecule has 0 bridgehead atoms. The Morgan fingerprint density at radius 2 is 1.59 bits per heavy atom. The first-order chi connectivity index (χ1) is 15.4. The van der Waals surface area contributed by atoms with E-state index in [4.69, 9.17) is 0 Å². The molecule has 170 valence electrons. The molecular weight excluding hydrogens is 402 g/mol. The van der Waals surface area contributed by atoms with Crippen LogP contribution < -0.4 is 10.2 Å². The first kappa shape index (κ1) is 23.5. The van der Waals surface area contributed by atoms with E-state index in [1.807, 2.05) is 68.4 Å². The molecule has 1 saturated heterocycles. The summed E-state index contributed by atoms with van der Waals surface area (Å²) in [5.41, 5.74) is 2.05. The Bertz CT molecular complexity index is 931. The maximum Gasteiger partial charge on any atom is 0.251 e. The summed E-state index contributed by atoms with van der Waals surface area (Å²) in [4.78, 5) is 42.0. The number of carbonyl (C=O) groups excluding carboxylic acids is 3. The van der Waals surface area contributed by atoms with Crippen LogP contribution in [0.25, 0.3) is 0 Å². The number of nitrogens with one attached hydrogen (secondary N) is 1. The molecule has 6 heteroatoms. The number of hydrogen-bond acceptors (Lipinski definition) is 4. The first-order valence-corrected chi connectivity index (χ1v) is 11.3. The van der Waals surface area contributed by atoms with E-state index in [0.717, 1.165) is 17.7 Å². The van der Waals surface area contributed by atoms with Crippen LogP contribution in [-0.4, -0.2) is 56.2 Å². The number of nitrogens with zero attached hydrogens (tertiary/aromatic N) is 2. The molecule has 6 nitrogen and oxygen atoms in total. The minimum Gasteiger partial charge on any atom is -0.378 e. The number of benzene rings is 2. The normalized spacial score (nSPS) is 15.2. The van der Waals surface area contributed by atoms with Gasteiger partial charge in [0.05, 0.1) is 12.0 Å². The predicted octanol–water partition coefficient (Wildman–Crippen LogP) is 3.41. The molecule has 1 fully saturated rings. The van der Waals surface area contributed by atoms with Gasteiger partial charge in [0.1, 0.15) is 5.78 Å². The minimum absolute atomic E-state index is 0.0461. The zero-order chi connectivity index (χ0) is 23.1. The summed E-state index contributed by atoms with van der Waals surface area (Å²) in [6, 6.07) is 17.2. The van der Waals surface area contributed by atoms with Gasteiger partial charge >= 0.3 is 0 Å². The van der Waals surface area contributed by atoms with Crippen molar-refractivity contribution in [2.24, 2.45) is 0 Å². The van der Waals surface area contributed by atoms with E-state index in [1.165, 1.54) is 0 Å². The van der Waals surface area contributed by atoms with Crippen LogP contribution in [-0.2, 0) is 15.0 Å². The van der Waals surface area contributed by atoms with Crippen molar-refractivity contribution in [3.05, 3.63) is 65.7 Å². The van der Waals surface area contributed by atoms with Crippen LogP contribution in [0, 0.1) is 0 Å². The Morgan fingerprint density at radius 3 is 2.16 bits per heavy atom. The van der Waals surface area contributed by atoms with Gasteiger partial charge in [-0.25, -0.2) is 0 Å². The molecule has 3 rings (SSSR count). The number of Topliss-reactive ketones (excluding diaryl/α,β-unsaturated/α-hetero) is 1. The van der Waals surface area contributed by atoms with Crippen LogP contribution in [0.2, 0.25) is 0 Å². The van der Waals surface area contributed by atoms with Gasteiger partial charge in [-0.2, -0.15) is 0 Å². The van der Waals surface area contributed by atoms with Crippen molar-refractivity contribution in [2.45, 2.75) is 38.0 Å². The molecule has 0 aliphatic carbocycles. The quantitative estimate of drug-likeness (QED) is 0.690. The highest BCUT2D eigenvalue weighted by molar-refractivity contribution is 5.97. The van der Waals surface area contributed by atoms with Crippen molar-refractivity contribution in [3.63, 3.8) is 0 Å². The SMILES string of the molecule is CCCC(=O)C1(c2ccccc2)CCN(C(=O)CNC(=O)c2ccc(N(C)C)cc2)CC1. The fourth-order valence-corrected chi connectivity index (χ4v) is 4.37. The van der Waals surface area contributed by atoms with E-state index in [1.54, 1.807) is 17.0 Å². The summed E-state index contributed by atoms with van der Waals surface area (Å²) in [5.74, 6) is -0.127. The van der Waals surface area contributed by atoms with Crippen molar-refractivity contribution in [2.75, 3.05) is 38.6 Å². The average Bonchev–Trinajstić information content (AvgIpc) is 2.83. The molecule has 2 amide bonds. The molecule has 32 heavy (non-hydrogen) atoms. The van der Waals surface area contributed by atoms with Crippen molar-refractivity contribution < 1.29 is 14.4 Å². The van der Waals surface area contributed by atoms with Crippen LogP contribution in [0.15, 0.2) is 54.6 Å². The molecule has 0 spiro atoms. The molecule has 0 saturated carbocycles. The molecule has 2 aromatic rings. The van der Waals surface area contributed by atoms with E-state index >= 15 is 0 Å². The van der Waals surface area contributed by atoms with Crippen molar-refractivity contribution in [3.8, 4) is 0 Å². The van der Waals surface area contributed by atoms with Gasteiger partial charge in [0.15, 0.2) is 0 Å². The highest BCUT2D eigenvalue weighted by Gasteiger charge is 2.42. The first-order valence-electron chi connectivity index (χ1n) is 11.3. The fraction of sp³-hybridized carbons (Fsp3) is 0.423. The summed E-state index contributed by atoms with van der Waals surface area (Å²) in [6.45, 7) is 2.99. The van der Waals surface area contributed by atoms with Gasteiger partial charge in [0.2, 0.25) is 5.91 Å². The summed E-state index contributed by atoms with van der Waals surface area (Å²) in [6.07, 6.45) is 2.59. The number of amides is 2. The number of ketones is 1. The highest BCUT2D eigenvalue weighted by Crippen LogP contribution is 2.37. The van der Waals surface area contributed by atoms with Crippen molar-refractivity contribution in [1.29, 1.82) is 0 Å². The van der Waals surface area contributed by atoms with Gasteiger partial charge in [-0.15, -0.1) is 0 Å². The molecule has 0 atom stereocenters. The standard InChI is InChI=1S/C26H33N3O3/c1-4-8-23(30)26(21-9-6-5-7-10-21)15-17-29(18-16-26)24(31)19-27-25(32)20-11-13-22(14-12-20)28(2)3/h5-7,9-14H,4,8,15-19H2,1-3H3,(H,27,32). The smallest absolute Gasteiger partial charge is 0.251 e. The fourth-order valence-electron chi connectivity index (χ4n) is 4.37. The van der Waals surface area contributed by atoms with E-state index in [0.29, 0.717) is 37.9 Å². The van der Waals surface area contributed by atoms with Gasteiger partial charge in [-0.3, -0.25) is 14.4 Å². The molecule has 1 N–H and O–H groups in total. The van der Waals surface area contributed by atoms with Gasteiger partial charge in [-0.1, -0.05) is 37.3 Å². The van der Waals surface area contributed by atoms with Crippen LogP contribution >= 0.6 is 0 Å². The Morgan fingerprint density at radius 1 is 0.969 bits per heavy atom. The van der Waals surface area contributed by atoms with Crippen LogP contribution in [0.1, 0.15) is 48.5 Å². The molecule has 1 heterocycles. The monoisotopic (exact) mass is 435 g/mol. The molecule has 1 aliphatic rings. The number of likely N-dealkylation sites (tertiary alicyclic amines) is 1. The number of carbonyl (C=O) groups is 3. The highest BCUT2D eigenvalue weighted by atomic mass is 16.2. The predicted molar refractivity (Wildman–Crippen MR) is 127 cm³/mol. The number of hydrogen-bond donors (Lipinski definition) is 1. The maximum absolute atomic E-state index is 13.1. The zero-order valence-electron chi connectivity index (χ0n) is 19.3. The van der Waals surface area contributed by atoms with Gasteiger partial charge in [0, 0.05) is 44.9 Å². The average molecular weight is 436 g/mol. The number of anilines is 1. The third kappa shape index (κ3) is 5.18. The van der Waals surface area contributed by atoms with E-state index in [9.17, 15) is 14.4 Å². The third-order valence-corrected chi connectivity index (χ3v) is 6.35. The molecule has 2 aromatic carbocycles. The van der Waals surface area contributed by atoms with Gasteiger partial charge in [-0.05, 0) is 49.1 Å². The molecular formula is C26H33N3O3. The Hall–Kier alpha value is -3.15. The van der Waals surface area contributed by atoms with E-state index in [2.05, 4.69) is 5.32 Å². The van der Waals surface area contributed by atoms with Crippen LogP contribution in [0.5, 0.6) is 0 Å². The largest absolute Gasteiger partial charge is 0.378 e. The number of rotatable bonds is 8. The molecule has 0 aromatic heterocycles. The van der Waals surface area contributed by atoms with Gasteiger partial charge < -0.3 is 15.1 Å². The Labute approximate surface area is 190 Å². The molecule has 0 unspecified atom stereocenters. The topological polar surface area (TPSA) is 69.7 Å². The lowest BCUT2D eigenvalue weighted by Crippen LogP contribution is -2.51. The summed E-state index contributed by atoms with van der Waals surface area (Å²) in [7, 11) is 3.88. The summed E-state index contributed by atoms with van der Waals surface area (Å²) < 4.78 is 0. The van der Waals surface area contributed by atoms with Crippen LogP contribution in [0.3, 0.4) is 0 Å². The lowest BCUT2D eigenvalue weighted by atomic mass is 9.68. The van der Waals surface area contributed by atoms with Gasteiger partial charge in [0.25, 0.3) is 5.91 Å². The van der Waals surface area contributed by atoms with Crippen molar-refractivity contribution in [1.82, 2.24) is 10.2 Å².